The Kier molecular flexibility index (Phi) is 2.44. The van der Waals surface area contributed by atoms with Crippen LogP contribution in [0.5, 0.6) is 0 Å². The minimum absolute atomic E-state index is 0.122. The lowest BCUT2D eigenvalue weighted by Gasteiger charge is -2.02. The van der Waals surface area contributed by atoms with Gasteiger partial charge in [-0.1, -0.05) is 18.2 Å². The first-order valence-electron chi connectivity index (χ1n) is 5.66. The van der Waals surface area contributed by atoms with Crippen molar-refractivity contribution >= 4 is 10.9 Å². The van der Waals surface area contributed by atoms with Gasteiger partial charge in [0.15, 0.2) is 0 Å². The molecule has 0 N–H and O–H groups in total. The largest absolute Gasteiger partial charge is 0.345 e. The molecule has 0 aliphatic heterocycles. The minimum Gasteiger partial charge on any atom is -0.285 e. The van der Waals surface area contributed by atoms with Crippen LogP contribution in [0.15, 0.2) is 47.7 Å². The van der Waals surface area contributed by atoms with Gasteiger partial charge in [0.25, 0.3) is 0 Å². The molecule has 3 rings (SSSR count). The predicted molar refractivity (Wildman–Crippen MR) is 68.3 cm³/mol. The molecule has 0 saturated heterocycles. The van der Waals surface area contributed by atoms with Crippen molar-refractivity contribution in [3.8, 4) is 0 Å². The summed E-state index contributed by atoms with van der Waals surface area (Å²) in [5.41, 5.74) is 1.80. The number of para-hydroxylation sites is 1. The number of aromatic nitrogens is 4. The molecule has 0 aliphatic rings. The third-order valence-electron chi connectivity index (χ3n) is 2.87. The molecule has 2 aromatic heterocycles. The highest BCUT2D eigenvalue weighted by molar-refractivity contribution is 5.78. The fourth-order valence-corrected chi connectivity index (χ4v) is 1.91. The molecule has 0 atom stereocenters. The summed E-state index contributed by atoms with van der Waals surface area (Å²) in [6.45, 7) is 0.442. The van der Waals surface area contributed by atoms with Gasteiger partial charge in [-0.2, -0.15) is 5.10 Å². The van der Waals surface area contributed by atoms with Crippen LogP contribution in [0, 0.1) is 0 Å². The van der Waals surface area contributed by atoms with Crippen molar-refractivity contribution in [1.82, 2.24) is 19.3 Å². The Morgan fingerprint density at radius 2 is 2.11 bits per heavy atom. The third-order valence-corrected chi connectivity index (χ3v) is 2.87. The average molecular weight is 240 g/mol. The van der Waals surface area contributed by atoms with E-state index < -0.39 is 0 Å². The van der Waals surface area contributed by atoms with E-state index in [4.69, 9.17) is 0 Å². The number of rotatable bonds is 2. The van der Waals surface area contributed by atoms with Crippen molar-refractivity contribution in [3.63, 3.8) is 0 Å². The van der Waals surface area contributed by atoms with Crippen molar-refractivity contribution in [3.05, 3.63) is 58.9 Å². The van der Waals surface area contributed by atoms with E-state index in [0.717, 1.165) is 16.5 Å². The van der Waals surface area contributed by atoms with E-state index in [2.05, 4.69) is 10.1 Å². The van der Waals surface area contributed by atoms with E-state index in [1.165, 1.54) is 15.6 Å². The third kappa shape index (κ3) is 1.79. The van der Waals surface area contributed by atoms with Gasteiger partial charge in [-0.15, -0.1) is 0 Å². The van der Waals surface area contributed by atoms with Crippen LogP contribution in [0.1, 0.15) is 5.56 Å². The van der Waals surface area contributed by atoms with Gasteiger partial charge in [0.2, 0.25) is 0 Å². The molecule has 3 aromatic rings. The van der Waals surface area contributed by atoms with Crippen LogP contribution in [-0.4, -0.2) is 19.3 Å². The van der Waals surface area contributed by atoms with Crippen molar-refractivity contribution in [2.45, 2.75) is 6.54 Å². The lowest BCUT2D eigenvalue weighted by Crippen LogP contribution is -2.23. The zero-order valence-electron chi connectivity index (χ0n) is 9.95. The maximum atomic E-state index is 11.7. The van der Waals surface area contributed by atoms with Gasteiger partial charge in [0.05, 0.1) is 12.1 Å². The lowest BCUT2D eigenvalue weighted by molar-refractivity contribution is 0.646. The van der Waals surface area contributed by atoms with Crippen molar-refractivity contribution in [1.29, 1.82) is 0 Å². The summed E-state index contributed by atoms with van der Waals surface area (Å²) in [7, 11) is 1.68. The van der Waals surface area contributed by atoms with Gasteiger partial charge in [0, 0.05) is 18.6 Å². The zero-order chi connectivity index (χ0) is 12.5. The zero-order valence-corrected chi connectivity index (χ0v) is 9.95. The van der Waals surface area contributed by atoms with E-state index in [1.807, 2.05) is 30.3 Å². The quantitative estimate of drug-likeness (QED) is 0.676. The molecule has 0 radical (unpaired) electrons. The second-order valence-electron chi connectivity index (χ2n) is 4.22. The number of fused-ring (bicyclic) bond motifs is 1. The monoisotopic (exact) mass is 240 g/mol. The molecule has 0 aliphatic carbocycles. The first-order chi connectivity index (χ1) is 8.74. The Morgan fingerprint density at radius 1 is 1.28 bits per heavy atom. The van der Waals surface area contributed by atoms with E-state index in [9.17, 15) is 4.79 Å². The van der Waals surface area contributed by atoms with E-state index in [0.29, 0.717) is 6.54 Å². The fraction of sp³-hybridized carbons (Fsp3) is 0.154. The molecule has 0 unspecified atom stereocenters. The smallest absolute Gasteiger partial charge is 0.285 e. The molecule has 1 aromatic carbocycles. The summed E-state index contributed by atoms with van der Waals surface area (Å²) < 4.78 is 2.88. The first kappa shape index (κ1) is 10.7. The van der Waals surface area contributed by atoms with Gasteiger partial charge in [-0.25, -0.2) is 9.48 Å². The molecule has 5 heteroatoms. The Hall–Kier alpha value is -2.43. The van der Waals surface area contributed by atoms with Crippen LogP contribution in [0.3, 0.4) is 0 Å². The summed E-state index contributed by atoms with van der Waals surface area (Å²) >= 11 is 0. The molecule has 0 fully saturated rings. The molecule has 2 heterocycles. The predicted octanol–water partition coefficient (Wildman–Crippen LogP) is 1.18. The van der Waals surface area contributed by atoms with Crippen LogP contribution in [0.2, 0.25) is 0 Å². The molecule has 18 heavy (non-hydrogen) atoms. The highest BCUT2D eigenvalue weighted by Gasteiger charge is 2.03. The molecule has 5 nitrogen and oxygen atoms in total. The molecule has 0 saturated carbocycles. The van der Waals surface area contributed by atoms with Gasteiger partial charge in [0.1, 0.15) is 6.33 Å². The molecular weight excluding hydrogens is 228 g/mol. The Balaban J connectivity index is 2.00. The minimum atomic E-state index is -0.122. The van der Waals surface area contributed by atoms with Gasteiger partial charge >= 0.3 is 5.69 Å². The maximum absolute atomic E-state index is 11.7. The van der Waals surface area contributed by atoms with Crippen LogP contribution in [0.25, 0.3) is 10.9 Å². The number of aryl methyl sites for hydroxylation is 1. The number of benzene rings is 1. The van der Waals surface area contributed by atoms with Gasteiger partial charge in [-0.05, 0) is 17.7 Å². The first-order valence-corrected chi connectivity index (χ1v) is 5.66. The topological polar surface area (TPSA) is 52.7 Å². The molecule has 0 spiro atoms. The van der Waals surface area contributed by atoms with Crippen molar-refractivity contribution in [2.75, 3.05) is 0 Å². The molecule has 90 valence electrons. The van der Waals surface area contributed by atoms with E-state index in [-0.39, 0.29) is 5.69 Å². The van der Waals surface area contributed by atoms with Crippen molar-refractivity contribution < 1.29 is 0 Å². The second-order valence-corrected chi connectivity index (χ2v) is 4.22. The Labute approximate surface area is 103 Å². The van der Waals surface area contributed by atoms with Crippen LogP contribution in [-0.2, 0) is 13.6 Å². The highest BCUT2D eigenvalue weighted by atomic mass is 16.2. The summed E-state index contributed by atoms with van der Waals surface area (Å²) in [4.78, 5) is 16.0. The fourth-order valence-electron chi connectivity index (χ4n) is 1.91. The average Bonchev–Trinajstić information content (AvgIpc) is 2.71. The highest BCUT2D eigenvalue weighted by Crippen LogP contribution is 2.12. The number of hydrogen-bond acceptors (Lipinski definition) is 3. The Morgan fingerprint density at radius 3 is 2.89 bits per heavy atom. The summed E-state index contributed by atoms with van der Waals surface area (Å²) in [6, 6.07) is 9.93. The van der Waals surface area contributed by atoms with Crippen LogP contribution in [0.4, 0.5) is 0 Å². The number of nitrogens with zero attached hydrogens (tertiary/aromatic N) is 4. The number of hydrogen-bond donors (Lipinski definition) is 0. The molecule has 0 amide bonds. The normalized spacial score (nSPS) is 10.9. The standard InChI is InChI=1S/C13H12N4O/c1-16-9-15-17(13(16)18)8-10-6-11-4-2-3-5-12(11)14-7-10/h2-7,9H,8H2,1H3. The van der Waals surface area contributed by atoms with Crippen molar-refractivity contribution in [2.24, 2.45) is 7.05 Å². The number of pyridine rings is 1. The van der Waals surface area contributed by atoms with E-state index >= 15 is 0 Å². The van der Waals surface area contributed by atoms with Crippen LogP contribution >= 0.6 is 0 Å². The summed E-state index contributed by atoms with van der Waals surface area (Å²) in [5.74, 6) is 0. The summed E-state index contributed by atoms with van der Waals surface area (Å²) in [6.07, 6.45) is 3.29. The molecule has 0 bridgehead atoms. The molecular formula is C13H12N4O. The van der Waals surface area contributed by atoms with Gasteiger partial charge < -0.3 is 0 Å². The second kappa shape index (κ2) is 4.10. The van der Waals surface area contributed by atoms with Gasteiger partial charge in [-0.3, -0.25) is 9.55 Å². The Bertz CT molecular complexity index is 757. The lowest BCUT2D eigenvalue weighted by atomic mass is 10.1. The van der Waals surface area contributed by atoms with E-state index in [1.54, 1.807) is 13.2 Å². The summed E-state index contributed by atoms with van der Waals surface area (Å²) in [5, 5.41) is 5.10. The van der Waals surface area contributed by atoms with Crippen LogP contribution < -0.4 is 5.69 Å². The SMILES string of the molecule is Cn1cnn(Cc2cnc3ccccc3c2)c1=O. The maximum Gasteiger partial charge on any atom is 0.345 e.